The summed E-state index contributed by atoms with van der Waals surface area (Å²) in [6.07, 6.45) is 1.33. The van der Waals surface area contributed by atoms with E-state index in [9.17, 15) is 0 Å². The summed E-state index contributed by atoms with van der Waals surface area (Å²) in [7, 11) is 3.92. The maximum absolute atomic E-state index is 9.17. The van der Waals surface area contributed by atoms with Crippen molar-refractivity contribution >= 4 is 0 Å². The minimum atomic E-state index is -0.431. The standard InChI is InChI=1S/C9H17NO/c1-4-6-9(11)7-5-8-10(2)3/h9,11H,4,6,8H2,1-3H3. The lowest BCUT2D eigenvalue weighted by Crippen LogP contribution is -2.11. The molecule has 2 heteroatoms. The first kappa shape index (κ1) is 10.5. The third kappa shape index (κ3) is 7.38. The van der Waals surface area contributed by atoms with Crippen molar-refractivity contribution in [3.8, 4) is 11.8 Å². The van der Waals surface area contributed by atoms with Gasteiger partial charge in [0, 0.05) is 0 Å². The average Bonchev–Trinajstić information content (AvgIpc) is 1.87. The van der Waals surface area contributed by atoms with E-state index < -0.39 is 6.10 Å². The molecule has 2 nitrogen and oxygen atoms in total. The molecule has 0 saturated heterocycles. The van der Waals surface area contributed by atoms with Gasteiger partial charge in [-0.15, -0.1) is 0 Å². The van der Waals surface area contributed by atoms with E-state index in [0.29, 0.717) is 0 Å². The summed E-state index contributed by atoms with van der Waals surface area (Å²) >= 11 is 0. The maximum atomic E-state index is 9.17. The van der Waals surface area contributed by atoms with E-state index in [4.69, 9.17) is 5.11 Å². The van der Waals surface area contributed by atoms with Gasteiger partial charge >= 0.3 is 0 Å². The summed E-state index contributed by atoms with van der Waals surface area (Å²) in [5.41, 5.74) is 0. The highest BCUT2D eigenvalue weighted by Gasteiger charge is 1.93. The van der Waals surface area contributed by atoms with Crippen LogP contribution in [-0.2, 0) is 0 Å². The molecule has 0 spiro atoms. The fourth-order valence-electron chi connectivity index (χ4n) is 0.667. The molecule has 0 aromatic rings. The number of aliphatic hydroxyl groups is 1. The zero-order valence-electron chi connectivity index (χ0n) is 7.59. The molecule has 0 aromatic carbocycles. The van der Waals surface area contributed by atoms with Gasteiger partial charge in [-0.3, -0.25) is 4.90 Å². The van der Waals surface area contributed by atoms with Crippen LogP contribution in [0.15, 0.2) is 0 Å². The first-order chi connectivity index (χ1) is 5.16. The number of aliphatic hydroxyl groups excluding tert-OH is 1. The molecule has 1 unspecified atom stereocenters. The van der Waals surface area contributed by atoms with Crippen molar-refractivity contribution in [2.75, 3.05) is 20.6 Å². The predicted octanol–water partition coefficient (Wildman–Crippen LogP) is 0.712. The minimum absolute atomic E-state index is 0.431. The topological polar surface area (TPSA) is 23.5 Å². The minimum Gasteiger partial charge on any atom is -0.380 e. The Hall–Kier alpha value is -0.520. The second kappa shape index (κ2) is 6.21. The van der Waals surface area contributed by atoms with E-state index in [0.717, 1.165) is 19.4 Å². The summed E-state index contributed by atoms with van der Waals surface area (Å²) in [6.45, 7) is 2.76. The van der Waals surface area contributed by atoms with Gasteiger partial charge in [0.15, 0.2) is 0 Å². The van der Waals surface area contributed by atoms with Crippen LogP contribution in [0.3, 0.4) is 0 Å². The van der Waals surface area contributed by atoms with Crippen molar-refractivity contribution in [2.45, 2.75) is 25.9 Å². The number of nitrogens with zero attached hydrogens (tertiary/aromatic N) is 1. The Labute approximate surface area is 69.2 Å². The summed E-state index contributed by atoms with van der Waals surface area (Å²) in [6, 6.07) is 0. The molecule has 64 valence electrons. The van der Waals surface area contributed by atoms with Crippen LogP contribution in [0.2, 0.25) is 0 Å². The molecule has 0 rings (SSSR count). The van der Waals surface area contributed by atoms with Crippen molar-refractivity contribution in [3.63, 3.8) is 0 Å². The van der Waals surface area contributed by atoms with Crippen molar-refractivity contribution in [3.05, 3.63) is 0 Å². The smallest absolute Gasteiger partial charge is 0.114 e. The molecule has 0 aliphatic heterocycles. The van der Waals surface area contributed by atoms with E-state index in [1.54, 1.807) is 0 Å². The summed E-state index contributed by atoms with van der Waals surface area (Å²) < 4.78 is 0. The third-order valence-corrected chi connectivity index (χ3v) is 1.23. The van der Waals surface area contributed by atoms with Crippen LogP contribution in [0.1, 0.15) is 19.8 Å². The van der Waals surface area contributed by atoms with Crippen LogP contribution in [0, 0.1) is 11.8 Å². The molecule has 0 aliphatic carbocycles. The molecule has 1 atom stereocenters. The van der Waals surface area contributed by atoms with Gasteiger partial charge in [-0.1, -0.05) is 25.2 Å². The molecular formula is C9H17NO. The normalized spacial score (nSPS) is 12.5. The Morgan fingerprint density at radius 2 is 2.09 bits per heavy atom. The van der Waals surface area contributed by atoms with Gasteiger partial charge < -0.3 is 5.11 Å². The quantitative estimate of drug-likeness (QED) is 0.607. The molecule has 0 aliphatic rings. The lowest BCUT2D eigenvalue weighted by atomic mass is 10.2. The zero-order chi connectivity index (χ0) is 8.69. The number of rotatable bonds is 3. The van der Waals surface area contributed by atoms with Gasteiger partial charge in [-0.05, 0) is 20.5 Å². The van der Waals surface area contributed by atoms with Crippen LogP contribution in [0.4, 0.5) is 0 Å². The summed E-state index contributed by atoms with van der Waals surface area (Å²) in [5.74, 6) is 5.67. The van der Waals surface area contributed by atoms with Gasteiger partial charge in [-0.25, -0.2) is 0 Å². The van der Waals surface area contributed by atoms with Crippen LogP contribution in [0.25, 0.3) is 0 Å². The average molecular weight is 155 g/mol. The second-order valence-electron chi connectivity index (χ2n) is 2.86. The predicted molar refractivity (Wildman–Crippen MR) is 47.2 cm³/mol. The highest BCUT2D eigenvalue weighted by atomic mass is 16.3. The Balaban J connectivity index is 3.51. The number of hydrogen-bond acceptors (Lipinski definition) is 2. The van der Waals surface area contributed by atoms with E-state index in [1.807, 2.05) is 25.9 Å². The van der Waals surface area contributed by atoms with Crippen LogP contribution >= 0.6 is 0 Å². The monoisotopic (exact) mass is 155 g/mol. The maximum Gasteiger partial charge on any atom is 0.114 e. The Morgan fingerprint density at radius 3 is 2.55 bits per heavy atom. The molecule has 0 bridgehead atoms. The highest BCUT2D eigenvalue weighted by molar-refractivity contribution is 5.05. The molecule has 0 fully saturated rings. The van der Waals surface area contributed by atoms with E-state index in [2.05, 4.69) is 11.8 Å². The molecular weight excluding hydrogens is 138 g/mol. The molecule has 0 aromatic heterocycles. The van der Waals surface area contributed by atoms with Crippen LogP contribution in [-0.4, -0.2) is 36.8 Å². The zero-order valence-corrected chi connectivity index (χ0v) is 7.59. The van der Waals surface area contributed by atoms with Gasteiger partial charge in [0.1, 0.15) is 6.10 Å². The Kier molecular flexibility index (Phi) is 5.91. The van der Waals surface area contributed by atoms with E-state index >= 15 is 0 Å². The first-order valence-corrected chi connectivity index (χ1v) is 3.98. The van der Waals surface area contributed by atoms with Gasteiger partial charge in [0.2, 0.25) is 0 Å². The van der Waals surface area contributed by atoms with E-state index in [1.165, 1.54) is 0 Å². The van der Waals surface area contributed by atoms with Crippen molar-refractivity contribution < 1.29 is 5.11 Å². The van der Waals surface area contributed by atoms with Crippen LogP contribution < -0.4 is 0 Å². The Bertz CT molecular complexity index is 143. The molecule has 1 N–H and O–H groups in total. The fourth-order valence-corrected chi connectivity index (χ4v) is 0.667. The lowest BCUT2D eigenvalue weighted by molar-refractivity contribution is 0.220. The van der Waals surface area contributed by atoms with Gasteiger partial charge in [0.05, 0.1) is 6.54 Å². The Morgan fingerprint density at radius 1 is 1.45 bits per heavy atom. The van der Waals surface area contributed by atoms with Crippen molar-refractivity contribution in [1.82, 2.24) is 4.90 Å². The van der Waals surface area contributed by atoms with Crippen LogP contribution in [0.5, 0.6) is 0 Å². The van der Waals surface area contributed by atoms with Gasteiger partial charge in [-0.2, -0.15) is 0 Å². The largest absolute Gasteiger partial charge is 0.380 e. The van der Waals surface area contributed by atoms with E-state index in [-0.39, 0.29) is 0 Å². The summed E-state index contributed by atoms with van der Waals surface area (Å²) in [4.78, 5) is 1.98. The molecule has 11 heavy (non-hydrogen) atoms. The SMILES string of the molecule is CCCC(O)C#CCN(C)C. The van der Waals surface area contributed by atoms with Crippen molar-refractivity contribution in [2.24, 2.45) is 0 Å². The molecule has 0 saturated carbocycles. The number of hydrogen-bond donors (Lipinski definition) is 1. The second-order valence-corrected chi connectivity index (χ2v) is 2.86. The first-order valence-electron chi connectivity index (χ1n) is 3.98. The molecule has 0 radical (unpaired) electrons. The molecule has 0 amide bonds. The van der Waals surface area contributed by atoms with Crippen molar-refractivity contribution in [1.29, 1.82) is 0 Å². The third-order valence-electron chi connectivity index (χ3n) is 1.23. The summed E-state index contributed by atoms with van der Waals surface area (Å²) in [5, 5.41) is 9.17. The highest BCUT2D eigenvalue weighted by Crippen LogP contribution is 1.92. The lowest BCUT2D eigenvalue weighted by Gasteiger charge is -2.02. The fraction of sp³-hybridized carbons (Fsp3) is 0.778. The van der Waals surface area contributed by atoms with Gasteiger partial charge in [0.25, 0.3) is 0 Å². The molecule has 0 heterocycles.